The molecule has 3 aromatic heterocycles. The van der Waals surface area contributed by atoms with Crippen LogP contribution in [0.25, 0.3) is 16.6 Å². The van der Waals surface area contributed by atoms with Crippen LogP contribution in [0.5, 0.6) is 0 Å². The van der Waals surface area contributed by atoms with E-state index in [0.717, 1.165) is 14.5 Å². The summed E-state index contributed by atoms with van der Waals surface area (Å²) in [5.41, 5.74) is 0.103. The summed E-state index contributed by atoms with van der Waals surface area (Å²) in [7, 11) is 1.74. The van der Waals surface area contributed by atoms with Crippen LogP contribution in [0.3, 0.4) is 0 Å². The lowest BCUT2D eigenvalue weighted by Gasteiger charge is -2.26. The molecule has 4 heterocycles. The number of hydrogen-bond donors (Lipinski definition) is 2. The van der Waals surface area contributed by atoms with Gasteiger partial charge in [-0.05, 0) is 43.5 Å². The molecule has 0 saturated carbocycles. The van der Waals surface area contributed by atoms with Crippen molar-refractivity contribution in [3.63, 3.8) is 0 Å². The number of benzene rings is 1. The number of amides is 2. The van der Waals surface area contributed by atoms with Crippen LogP contribution in [0.1, 0.15) is 18.4 Å². The Kier molecular flexibility index (Phi) is 7.96. The van der Waals surface area contributed by atoms with E-state index in [1.807, 2.05) is 0 Å². The van der Waals surface area contributed by atoms with Crippen molar-refractivity contribution < 1.29 is 22.8 Å². The monoisotopic (exact) mass is 619 g/mol. The van der Waals surface area contributed by atoms with Gasteiger partial charge in [-0.15, -0.1) is 0 Å². The maximum atomic E-state index is 13.9. The zero-order valence-electron chi connectivity index (χ0n) is 22.9. The Morgan fingerprint density at radius 2 is 1.93 bits per heavy atom. The van der Waals surface area contributed by atoms with Crippen LogP contribution in [0, 0.1) is 6.92 Å². The van der Waals surface area contributed by atoms with Crippen molar-refractivity contribution in [2.75, 3.05) is 18.4 Å². The normalized spacial score (nSPS) is 15.2. The number of alkyl halides is 3. The van der Waals surface area contributed by atoms with Crippen molar-refractivity contribution >= 4 is 46.0 Å². The number of halogens is 4. The molecule has 1 aliphatic heterocycles. The molecule has 4 aromatic rings. The lowest BCUT2D eigenvalue weighted by atomic mass is 10.2. The van der Waals surface area contributed by atoms with E-state index in [1.165, 1.54) is 11.1 Å². The highest BCUT2D eigenvalue weighted by Crippen LogP contribution is 2.30. The summed E-state index contributed by atoms with van der Waals surface area (Å²) in [4.78, 5) is 60.6. The average molecular weight is 620 g/mol. The number of aromatic nitrogens is 6. The lowest BCUT2D eigenvalue weighted by molar-refractivity contribution is -0.174. The number of anilines is 2. The molecule has 1 fully saturated rings. The van der Waals surface area contributed by atoms with Crippen molar-refractivity contribution in [3.8, 4) is 5.69 Å². The van der Waals surface area contributed by atoms with Crippen LogP contribution in [0.4, 0.5) is 24.8 Å². The number of fused-ring (bicyclic) bond motifs is 1. The standard InChI is InChI=1S/C26H25ClF3N9O4/c1-14-6-17(10-31-9-14)39-24(42)34-23(33-20-7-15-12-36(2)35-19(15)8-18(20)27)38(25(39)43)13-16-4-3-5-37(16)21(40)11-32-22(41)26(28,29)30/h6-10,12,16H,3-5,11,13H2,1-2H3,(H,32,41)(H,33,34,42)/t16-/m0/s1. The van der Waals surface area contributed by atoms with Crippen LogP contribution >= 0.6 is 11.6 Å². The summed E-state index contributed by atoms with van der Waals surface area (Å²) in [6.45, 7) is 0.891. The smallest absolute Gasteiger partial charge is 0.339 e. The minimum absolute atomic E-state index is 0.165. The first-order valence-electron chi connectivity index (χ1n) is 13.0. The highest BCUT2D eigenvalue weighted by atomic mass is 35.5. The van der Waals surface area contributed by atoms with Gasteiger partial charge in [0, 0.05) is 37.4 Å². The van der Waals surface area contributed by atoms with Crippen molar-refractivity contribution in [2.45, 2.75) is 38.5 Å². The third-order valence-electron chi connectivity index (χ3n) is 6.89. The molecule has 1 aromatic carbocycles. The highest BCUT2D eigenvalue weighted by Gasteiger charge is 2.39. The first kappa shape index (κ1) is 29.8. The van der Waals surface area contributed by atoms with Gasteiger partial charge in [0.25, 0.3) is 0 Å². The van der Waals surface area contributed by atoms with E-state index in [-0.39, 0.29) is 29.7 Å². The molecule has 2 N–H and O–H groups in total. The molecule has 1 aliphatic rings. The van der Waals surface area contributed by atoms with Gasteiger partial charge in [-0.1, -0.05) is 11.6 Å². The quantitative estimate of drug-likeness (QED) is 0.319. The number of carbonyl (C=O) groups excluding carboxylic acids is 2. The molecule has 0 spiro atoms. The third-order valence-corrected chi connectivity index (χ3v) is 7.20. The Hall–Kier alpha value is -4.73. The van der Waals surface area contributed by atoms with Gasteiger partial charge in [0.15, 0.2) is 0 Å². The first-order valence-corrected chi connectivity index (χ1v) is 13.4. The maximum Gasteiger partial charge on any atom is 0.471 e. The molecule has 0 aliphatic carbocycles. The van der Waals surface area contributed by atoms with E-state index in [1.54, 1.807) is 54.6 Å². The number of nitrogens with one attached hydrogen (secondary N) is 2. The van der Waals surface area contributed by atoms with Crippen LogP contribution < -0.4 is 22.0 Å². The molecular formula is C26H25ClF3N9O4. The second kappa shape index (κ2) is 11.5. The number of pyridine rings is 1. The maximum absolute atomic E-state index is 13.9. The fourth-order valence-corrected chi connectivity index (χ4v) is 5.15. The Morgan fingerprint density at radius 1 is 1.16 bits per heavy atom. The van der Waals surface area contributed by atoms with Crippen LogP contribution in [0.15, 0.2) is 46.4 Å². The van der Waals surface area contributed by atoms with E-state index < -0.39 is 42.0 Å². The molecule has 1 saturated heterocycles. The fourth-order valence-electron chi connectivity index (χ4n) is 4.94. The molecule has 17 heteroatoms. The van der Waals surface area contributed by atoms with Crippen LogP contribution in [-0.2, 0) is 23.2 Å². The Morgan fingerprint density at radius 3 is 2.65 bits per heavy atom. The van der Waals surface area contributed by atoms with E-state index in [4.69, 9.17) is 11.6 Å². The number of nitrogens with zero attached hydrogens (tertiary/aromatic N) is 7. The molecule has 13 nitrogen and oxygen atoms in total. The number of aryl methyl sites for hydroxylation is 2. The number of hydrogen-bond acceptors (Lipinski definition) is 8. The molecule has 0 unspecified atom stereocenters. The average Bonchev–Trinajstić information content (AvgIpc) is 3.54. The molecule has 43 heavy (non-hydrogen) atoms. The number of likely N-dealkylation sites (tertiary alicyclic amines) is 1. The zero-order chi connectivity index (χ0) is 31.1. The second-order valence-electron chi connectivity index (χ2n) is 10.0. The molecule has 0 radical (unpaired) electrons. The second-order valence-corrected chi connectivity index (χ2v) is 10.5. The van der Waals surface area contributed by atoms with Gasteiger partial charge in [0.1, 0.15) is 0 Å². The van der Waals surface area contributed by atoms with E-state index in [2.05, 4.69) is 20.4 Å². The predicted molar refractivity (Wildman–Crippen MR) is 149 cm³/mol. The summed E-state index contributed by atoms with van der Waals surface area (Å²) >= 11 is 6.48. The van der Waals surface area contributed by atoms with Crippen molar-refractivity contribution in [3.05, 3.63) is 68.3 Å². The van der Waals surface area contributed by atoms with Gasteiger partial charge in [0.2, 0.25) is 11.9 Å². The summed E-state index contributed by atoms with van der Waals surface area (Å²) < 4.78 is 41.5. The van der Waals surface area contributed by atoms with Crippen LogP contribution in [0.2, 0.25) is 5.02 Å². The Balaban J connectivity index is 1.53. The Labute approximate surface area is 245 Å². The molecule has 226 valence electrons. The van der Waals surface area contributed by atoms with Gasteiger partial charge in [0.05, 0.1) is 41.2 Å². The zero-order valence-corrected chi connectivity index (χ0v) is 23.6. The van der Waals surface area contributed by atoms with E-state index in [9.17, 15) is 32.3 Å². The fraction of sp³-hybridized carbons (Fsp3) is 0.346. The van der Waals surface area contributed by atoms with Gasteiger partial charge in [-0.2, -0.15) is 23.3 Å². The molecule has 2 amide bonds. The van der Waals surface area contributed by atoms with Gasteiger partial charge >= 0.3 is 23.5 Å². The van der Waals surface area contributed by atoms with Gasteiger partial charge in [-0.3, -0.25) is 23.8 Å². The summed E-state index contributed by atoms with van der Waals surface area (Å²) in [6, 6.07) is 4.20. The summed E-state index contributed by atoms with van der Waals surface area (Å²) in [5.74, 6) is -3.15. The largest absolute Gasteiger partial charge is 0.471 e. The van der Waals surface area contributed by atoms with Crippen molar-refractivity contribution in [1.29, 1.82) is 0 Å². The van der Waals surface area contributed by atoms with Gasteiger partial charge in [-0.25, -0.2) is 14.2 Å². The SMILES string of the molecule is Cc1cncc(-n2c(=O)nc(Nc3cc4cn(C)nc4cc3Cl)n(C[C@@H]3CCCN3C(=O)CNC(=O)C(F)(F)F)c2=O)c1. The van der Waals surface area contributed by atoms with E-state index >= 15 is 0 Å². The van der Waals surface area contributed by atoms with Crippen molar-refractivity contribution in [2.24, 2.45) is 7.05 Å². The third kappa shape index (κ3) is 6.23. The van der Waals surface area contributed by atoms with Crippen LogP contribution in [-0.4, -0.2) is 70.9 Å². The molecule has 1 atom stereocenters. The predicted octanol–water partition coefficient (Wildman–Crippen LogP) is 2.05. The first-order chi connectivity index (χ1) is 20.3. The summed E-state index contributed by atoms with van der Waals surface area (Å²) in [6.07, 6.45) is 0.393. The highest BCUT2D eigenvalue weighted by molar-refractivity contribution is 6.34. The van der Waals surface area contributed by atoms with Crippen molar-refractivity contribution in [1.82, 2.24) is 39.1 Å². The summed E-state index contributed by atoms with van der Waals surface area (Å²) in [5, 5.41) is 9.79. The minimum atomic E-state index is -5.14. The molecular weight excluding hydrogens is 595 g/mol. The number of carbonyl (C=O) groups is 2. The Bertz CT molecular complexity index is 1850. The lowest BCUT2D eigenvalue weighted by Crippen LogP contribution is -2.48. The van der Waals surface area contributed by atoms with Gasteiger partial charge < -0.3 is 15.5 Å². The molecule has 0 bridgehead atoms. The number of rotatable bonds is 7. The van der Waals surface area contributed by atoms with E-state index in [0.29, 0.717) is 29.6 Å². The minimum Gasteiger partial charge on any atom is -0.339 e. The topological polar surface area (TPSA) is 149 Å². The molecule has 5 rings (SSSR count).